The first-order valence-electron chi connectivity index (χ1n) is 8.42. The number of rotatable bonds is 3. The van der Waals surface area contributed by atoms with Gasteiger partial charge in [-0.05, 0) is 78.5 Å². The third kappa shape index (κ3) is 2.41. The molecular formula is C21H20O3. The topological polar surface area (TPSA) is 57.5 Å². The number of hydrogen-bond acceptors (Lipinski definition) is 2. The fourth-order valence-corrected chi connectivity index (χ4v) is 4.21. The van der Waals surface area contributed by atoms with Crippen LogP contribution in [0.3, 0.4) is 0 Å². The van der Waals surface area contributed by atoms with Crippen molar-refractivity contribution >= 4 is 17.6 Å². The minimum absolute atomic E-state index is 0.00512. The van der Waals surface area contributed by atoms with E-state index < -0.39 is 5.97 Å². The van der Waals surface area contributed by atoms with Crippen LogP contribution in [0.5, 0.6) is 5.75 Å². The van der Waals surface area contributed by atoms with Crippen LogP contribution in [0, 0.1) is 0 Å². The maximum Gasteiger partial charge on any atom is 0.335 e. The van der Waals surface area contributed by atoms with E-state index in [1.54, 1.807) is 6.07 Å². The smallest absolute Gasteiger partial charge is 0.335 e. The van der Waals surface area contributed by atoms with E-state index in [4.69, 9.17) is 5.11 Å². The zero-order valence-electron chi connectivity index (χ0n) is 13.6. The molecule has 4 rings (SSSR count). The number of carbonyl (C=O) groups is 1. The Morgan fingerprint density at radius 1 is 1.04 bits per heavy atom. The second-order valence-electron chi connectivity index (χ2n) is 6.96. The number of aromatic carboxylic acids is 1. The maximum atomic E-state index is 11.0. The molecule has 1 saturated carbocycles. The number of aromatic hydroxyl groups is 1. The van der Waals surface area contributed by atoms with Crippen molar-refractivity contribution in [2.45, 2.75) is 38.0 Å². The number of carboxylic acid groups (broad SMARTS) is 1. The normalized spacial score (nSPS) is 21.8. The SMILES string of the molecule is C/C(=C\c1ccc(C(=O)O)cc1O)c1ccc2c(c1)C1CCC2C1. The van der Waals surface area contributed by atoms with Gasteiger partial charge >= 0.3 is 5.97 Å². The van der Waals surface area contributed by atoms with E-state index in [1.165, 1.54) is 48.1 Å². The predicted molar refractivity (Wildman–Crippen MR) is 94.4 cm³/mol. The Morgan fingerprint density at radius 2 is 1.75 bits per heavy atom. The Hall–Kier alpha value is -2.55. The van der Waals surface area contributed by atoms with E-state index in [-0.39, 0.29) is 11.3 Å². The molecule has 0 radical (unpaired) electrons. The highest BCUT2D eigenvalue weighted by atomic mass is 16.4. The van der Waals surface area contributed by atoms with Crippen LogP contribution in [-0.2, 0) is 0 Å². The van der Waals surface area contributed by atoms with Gasteiger partial charge in [-0.15, -0.1) is 0 Å². The fraction of sp³-hybridized carbons (Fsp3) is 0.286. The molecule has 2 aliphatic carbocycles. The van der Waals surface area contributed by atoms with Crippen LogP contribution in [0.15, 0.2) is 36.4 Å². The summed E-state index contributed by atoms with van der Waals surface area (Å²) in [5.41, 5.74) is 6.00. The van der Waals surface area contributed by atoms with Crippen molar-refractivity contribution in [2.75, 3.05) is 0 Å². The van der Waals surface area contributed by atoms with E-state index >= 15 is 0 Å². The van der Waals surface area contributed by atoms with Crippen LogP contribution in [0.25, 0.3) is 11.6 Å². The van der Waals surface area contributed by atoms with Gasteiger partial charge in [0.2, 0.25) is 0 Å². The van der Waals surface area contributed by atoms with Gasteiger partial charge < -0.3 is 10.2 Å². The number of fused-ring (bicyclic) bond motifs is 5. The van der Waals surface area contributed by atoms with Crippen molar-refractivity contribution in [2.24, 2.45) is 0 Å². The van der Waals surface area contributed by atoms with E-state index in [9.17, 15) is 9.90 Å². The Balaban J connectivity index is 1.67. The number of phenolic OH excluding ortho intramolecular Hbond substituents is 1. The molecule has 2 aromatic rings. The highest BCUT2D eigenvalue weighted by molar-refractivity contribution is 5.90. The third-order valence-electron chi connectivity index (χ3n) is 5.50. The summed E-state index contributed by atoms with van der Waals surface area (Å²) < 4.78 is 0. The van der Waals surface area contributed by atoms with Crippen molar-refractivity contribution < 1.29 is 15.0 Å². The molecule has 2 aromatic carbocycles. The Kier molecular flexibility index (Phi) is 3.45. The van der Waals surface area contributed by atoms with Crippen molar-refractivity contribution in [3.05, 3.63) is 64.2 Å². The van der Waals surface area contributed by atoms with Crippen LogP contribution < -0.4 is 0 Å². The molecule has 2 bridgehead atoms. The largest absolute Gasteiger partial charge is 0.507 e. The summed E-state index contributed by atoms with van der Waals surface area (Å²) in [4.78, 5) is 11.0. The molecule has 0 heterocycles. The fourth-order valence-electron chi connectivity index (χ4n) is 4.21. The molecule has 1 fully saturated rings. The summed E-state index contributed by atoms with van der Waals surface area (Å²) in [6.45, 7) is 2.03. The molecule has 122 valence electrons. The third-order valence-corrected chi connectivity index (χ3v) is 5.50. The lowest BCUT2D eigenvalue weighted by Gasteiger charge is -2.16. The zero-order chi connectivity index (χ0) is 16.8. The molecule has 0 amide bonds. The Labute approximate surface area is 141 Å². The summed E-state index contributed by atoms with van der Waals surface area (Å²) in [5, 5.41) is 19.0. The standard InChI is InChI=1S/C21H20O3/c1-12(8-16-4-5-17(21(23)24)11-20(16)22)13-6-7-18-14-2-3-15(9-14)19(18)10-13/h4-8,10-11,14-15,22H,2-3,9H2,1H3,(H,23,24)/b12-8+. The monoisotopic (exact) mass is 320 g/mol. The van der Waals surface area contributed by atoms with Gasteiger partial charge in [0, 0.05) is 5.56 Å². The molecule has 2 unspecified atom stereocenters. The number of hydrogen-bond donors (Lipinski definition) is 2. The number of carboxylic acids is 1. The van der Waals surface area contributed by atoms with Gasteiger partial charge in [-0.2, -0.15) is 0 Å². The number of allylic oxidation sites excluding steroid dienone is 1. The van der Waals surface area contributed by atoms with Crippen LogP contribution >= 0.6 is 0 Å². The predicted octanol–water partition coefficient (Wildman–Crippen LogP) is 5.02. The lowest BCUT2D eigenvalue weighted by atomic mass is 9.89. The van der Waals surface area contributed by atoms with Gasteiger partial charge in [-0.3, -0.25) is 0 Å². The summed E-state index contributed by atoms with van der Waals surface area (Å²) in [7, 11) is 0. The quantitative estimate of drug-likeness (QED) is 0.781. The molecule has 2 aliphatic rings. The lowest BCUT2D eigenvalue weighted by molar-refractivity contribution is 0.0696. The van der Waals surface area contributed by atoms with Crippen LogP contribution in [0.4, 0.5) is 0 Å². The molecular weight excluding hydrogens is 300 g/mol. The first-order chi connectivity index (χ1) is 11.5. The van der Waals surface area contributed by atoms with Gasteiger partial charge in [0.1, 0.15) is 5.75 Å². The summed E-state index contributed by atoms with van der Waals surface area (Å²) in [5.74, 6) is 0.442. The van der Waals surface area contributed by atoms with Crippen molar-refractivity contribution in [1.29, 1.82) is 0 Å². The Morgan fingerprint density at radius 3 is 2.46 bits per heavy atom. The average Bonchev–Trinajstić information content (AvgIpc) is 3.18. The number of phenols is 1. The molecule has 0 spiro atoms. The first kappa shape index (κ1) is 15.0. The Bertz CT molecular complexity index is 863. The maximum absolute atomic E-state index is 11.0. The molecule has 0 saturated heterocycles. The molecule has 0 aliphatic heterocycles. The van der Waals surface area contributed by atoms with Gasteiger partial charge in [-0.1, -0.05) is 24.3 Å². The molecule has 0 aromatic heterocycles. The van der Waals surface area contributed by atoms with Crippen LogP contribution in [0.2, 0.25) is 0 Å². The average molecular weight is 320 g/mol. The van der Waals surface area contributed by atoms with Crippen molar-refractivity contribution in [3.63, 3.8) is 0 Å². The summed E-state index contributed by atoms with van der Waals surface area (Å²) >= 11 is 0. The highest BCUT2D eigenvalue weighted by Crippen LogP contribution is 2.53. The van der Waals surface area contributed by atoms with Crippen LogP contribution in [0.1, 0.15) is 70.6 Å². The minimum atomic E-state index is -1.04. The van der Waals surface area contributed by atoms with Crippen LogP contribution in [-0.4, -0.2) is 16.2 Å². The van der Waals surface area contributed by atoms with Gasteiger partial charge in [0.05, 0.1) is 5.56 Å². The second-order valence-corrected chi connectivity index (χ2v) is 6.96. The van der Waals surface area contributed by atoms with E-state index in [1.807, 2.05) is 13.0 Å². The molecule has 3 nitrogen and oxygen atoms in total. The van der Waals surface area contributed by atoms with Crippen molar-refractivity contribution in [1.82, 2.24) is 0 Å². The lowest BCUT2D eigenvalue weighted by Crippen LogP contribution is -1.98. The molecule has 24 heavy (non-hydrogen) atoms. The zero-order valence-corrected chi connectivity index (χ0v) is 13.6. The van der Waals surface area contributed by atoms with Crippen molar-refractivity contribution in [3.8, 4) is 5.75 Å². The second kappa shape index (κ2) is 5.52. The van der Waals surface area contributed by atoms with Gasteiger partial charge in [-0.25, -0.2) is 4.79 Å². The van der Waals surface area contributed by atoms with E-state index in [0.29, 0.717) is 5.56 Å². The molecule has 2 atom stereocenters. The number of benzene rings is 2. The van der Waals surface area contributed by atoms with E-state index in [2.05, 4.69) is 18.2 Å². The summed E-state index contributed by atoms with van der Waals surface area (Å²) in [6.07, 6.45) is 5.85. The van der Waals surface area contributed by atoms with Gasteiger partial charge in [0.15, 0.2) is 0 Å². The van der Waals surface area contributed by atoms with E-state index in [0.717, 1.165) is 17.4 Å². The molecule has 3 heteroatoms. The minimum Gasteiger partial charge on any atom is -0.507 e. The van der Waals surface area contributed by atoms with Gasteiger partial charge in [0.25, 0.3) is 0 Å². The molecule has 2 N–H and O–H groups in total. The summed E-state index contributed by atoms with van der Waals surface area (Å²) in [6, 6.07) is 11.2. The highest BCUT2D eigenvalue weighted by Gasteiger charge is 2.36. The first-order valence-corrected chi connectivity index (χ1v) is 8.42.